The van der Waals surface area contributed by atoms with Crippen molar-refractivity contribution in [3.05, 3.63) is 29.3 Å². The van der Waals surface area contributed by atoms with Crippen LogP contribution in [0.25, 0.3) is 0 Å². The van der Waals surface area contributed by atoms with E-state index in [0.717, 1.165) is 38.0 Å². The minimum absolute atomic E-state index is 0.0832. The number of rotatable bonds is 4. The second-order valence-electron chi connectivity index (χ2n) is 5.86. The van der Waals surface area contributed by atoms with Crippen molar-refractivity contribution in [3.8, 4) is 5.75 Å². The summed E-state index contributed by atoms with van der Waals surface area (Å²) in [6.07, 6.45) is 5.06. The van der Waals surface area contributed by atoms with Gasteiger partial charge in [0.1, 0.15) is 5.75 Å². The van der Waals surface area contributed by atoms with Crippen LogP contribution in [0.5, 0.6) is 5.75 Å². The van der Waals surface area contributed by atoms with Crippen molar-refractivity contribution >= 4 is 11.8 Å². The van der Waals surface area contributed by atoms with Gasteiger partial charge in [0, 0.05) is 11.2 Å². The van der Waals surface area contributed by atoms with Crippen LogP contribution in [0.4, 0.5) is 0 Å². The van der Waals surface area contributed by atoms with Gasteiger partial charge in [-0.1, -0.05) is 12.1 Å². The normalized spacial score (nSPS) is 27.1. The first-order valence-corrected chi connectivity index (χ1v) is 8.23. The SMILES string of the molecule is CC1(C(O)CCc2ccc3c(c2)CCO3)CCCS1. The lowest BCUT2D eigenvalue weighted by Gasteiger charge is -2.29. The van der Waals surface area contributed by atoms with Gasteiger partial charge >= 0.3 is 0 Å². The Labute approximate surface area is 119 Å². The summed E-state index contributed by atoms with van der Waals surface area (Å²) in [5, 5.41) is 10.4. The number of aliphatic hydroxyl groups is 1. The molecule has 1 aromatic rings. The van der Waals surface area contributed by atoms with E-state index in [0.29, 0.717) is 0 Å². The van der Waals surface area contributed by atoms with E-state index >= 15 is 0 Å². The molecule has 0 radical (unpaired) electrons. The Kier molecular flexibility index (Phi) is 3.77. The van der Waals surface area contributed by atoms with Crippen LogP contribution in [0, 0.1) is 0 Å². The van der Waals surface area contributed by atoms with E-state index in [4.69, 9.17) is 4.74 Å². The van der Waals surface area contributed by atoms with E-state index in [1.54, 1.807) is 0 Å². The zero-order chi connectivity index (χ0) is 13.3. The summed E-state index contributed by atoms with van der Waals surface area (Å²) < 4.78 is 5.61. The van der Waals surface area contributed by atoms with Crippen LogP contribution in [0.15, 0.2) is 18.2 Å². The predicted octanol–water partition coefficient (Wildman–Crippen LogP) is 3.20. The number of aliphatic hydroxyl groups excluding tert-OH is 1. The third-order valence-corrected chi connectivity index (χ3v) is 6.04. The van der Waals surface area contributed by atoms with Gasteiger partial charge in [0.2, 0.25) is 0 Å². The van der Waals surface area contributed by atoms with Crippen molar-refractivity contribution in [2.24, 2.45) is 0 Å². The molecule has 3 heteroatoms. The fourth-order valence-corrected chi connectivity index (χ4v) is 4.42. The van der Waals surface area contributed by atoms with E-state index in [9.17, 15) is 5.11 Å². The van der Waals surface area contributed by atoms with E-state index < -0.39 is 0 Å². The highest BCUT2D eigenvalue weighted by Gasteiger charge is 2.36. The Morgan fingerprint density at radius 2 is 2.37 bits per heavy atom. The summed E-state index contributed by atoms with van der Waals surface area (Å²) >= 11 is 1.94. The van der Waals surface area contributed by atoms with Crippen molar-refractivity contribution in [1.82, 2.24) is 0 Å². The molecule has 2 atom stereocenters. The molecule has 0 amide bonds. The number of benzene rings is 1. The first-order chi connectivity index (χ1) is 9.17. The summed E-state index contributed by atoms with van der Waals surface area (Å²) in [4.78, 5) is 0. The Hall–Kier alpha value is -0.670. The first kappa shape index (κ1) is 13.3. The van der Waals surface area contributed by atoms with E-state index in [-0.39, 0.29) is 10.9 Å². The quantitative estimate of drug-likeness (QED) is 0.917. The zero-order valence-corrected chi connectivity index (χ0v) is 12.3. The molecule has 0 bridgehead atoms. The third kappa shape index (κ3) is 2.77. The van der Waals surface area contributed by atoms with Crippen LogP contribution in [0.1, 0.15) is 37.3 Å². The largest absolute Gasteiger partial charge is 0.493 e. The number of thioether (sulfide) groups is 1. The molecule has 19 heavy (non-hydrogen) atoms. The number of aryl methyl sites for hydroxylation is 1. The number of hydrogen-bond acceptors (Lipinski definition) is 3. The van der Waals surface area contributed by atoms with Gasteiger partial charge in [0.25, 0.3) is 0 Å². The van der Waals surface area contributed by atoms with E-state index in [2.05, 4.69) is 25.1 Å². The molecule has 104 valence electrons. The van der Waals surface area contributed by atoms with Crippen molar-refractivity contribution < 1.29 is 9.84 Å². The minimum atomic E-state index is -0.190. The molecule has 0 aliphatic carbocycles. The highest BCUT2D eigenvalue weighted by molar-refractivity contribution is 8.00. The second-order valence-corrected chi connectivity index (χ2v) is 7.49. The molecule has 2 aliphatic heterocycles. The monoisotopic (exact) mass is 278 g/mol. The number of ether oxygens (including phenoxy) is 1. The molecule has 0 aromatic heterocycles. The molecule has 2 nitrogen and oxygen atoms in total. The van der Waals surface area contributed by atoms with Gasteiger partial charge in [0.05, 0.1) is 12.7 Å². The van der Waals surface area contributed by atoms with Crippen LogP contribution in [-0.2, 0) is 12.8 Å². The topological polar surface area (TPSA) is 29.5 Å². The van der Waals surface area contributed by atoms with Gasteiger partial charge < -0.3 is 9.84 Å². The zero-order valence-electron chi connectivity index (χ0n) is 11.5. The molecule has 1 saturated heterocycles. The van der Waals surface area contributed by atoms with Crippen molar-refractivity contribution in [3.63, 3.8) is 0 Å². The van der Waals surface area contributed by atoms with Gasteiger partial charge in [-0.2, -0.15) is 11.8 Å². The maximum absolute atomic E-state index is 10.4. The standard InChI is InChI=1S/C16H22O2S/c1-16(8-2-10-19-16)15(17)6-4-12-3-5-14-13(11-12)7-9-18-14/h3,5,11,15,17H,2,4,6-10H2,1H3. The molecule has 1 fully saturated rings. The average Bonchev–Trinajstić information content (AvgIpc) is 3.04. The minimum Gasteiger partial charge on any atom is -0.493 e. The van der Waals surface area contributed by atoms with Gasteiger partial charge in [-0.05, 0) is 55.6 Å². The Morgan fingerprint density at radius 3 is 3.16 bits per heavy atom. The number of fused-ring (bicyclic) bond motifs is 1. The fourth-order valence-electron chi connectivity index (χ4n) is 3.07. The molecule has 2 heterocycles. The lowest BCUT2D eigenvalue weighted by molar-refractivity contribution is 0.124. The summed E-state index contributed by atoms with van der Waals surface area (Å²) in [5.74, 6) is 2.24. The molecule has 2 aliphatic rings. The lowest BCUT2D eigenvalue weighted by Crippen LogP contribution is -2.33. The van der Waals surface area contributed by atoms with Gasteiger partial charge in [-0.15, -0.1) is 0 Å². The molecule has 1 N–H and O–H groups in total. The second kappa shape index (κ2) is 5.37. The maximum Gasteiger partial charge on any atom is 0.122 e. The highest BCUT2D eigenvalue weighted by Crippen LogP contribution is 2.41. The molecule has 1 aromatic carbocycles. The van der Waals surface area contributed by atoms with Crippen LogP contribution in [0.2, 0.25) is 0 Å². The third-order valence-electron chi connectivity index (χ3n) is 4.41. The maximum atomic E-state index is 10.4. The first-order valence-electron chi connectivity index (χ1n) is 7.24. The van der Waals surface area contributed by atoms with Gasteiger partial charge in [-0.25, -0.2) is 0 Å². The van der Waals surface area contributed by atoms with Gasteiger partial charge in [0.15, 0.2) is 0 Å². The fraction of sp³-hybridized carbons (Fsp3) is 0.625. The predicted molar refractivity (Wildman–Crippen MR) is 80.1 cm³/mol. The number of hydrogen-bond donors (Lipinski definition) is 1. The van der Waals surface area contributed by atoms with Crippen molar-refractivity contribution in [1.29, 1.82) is 0 Å². The smallest absolute Gasteiger partial charge is 0.122 e. The van der Waals surface area contributed by atoms with Crippen molar-refractivity contribution in [2.45, 2.75) is 49.9 Å². The summed E-state index contributed by atoms with van der Waals surface area (Å²) in [7, 11) is 0. The molecule has 2 unspecified atom stereocenters. The Morgan fingerprint density at radius 1 is 1.47 bits per heavy atom. The highest BCUT2D eigenvalue weighted by atomic mass is 32.2. The lowest BCUT2D eigenvalue weighted by atomic mass is 9.93. The average molecular weight is 278 g/mol. The van der Waals surface area contributed by atoms with Crippen LogP contribution in [0.3, 0.4) is 0 Å². The van der Waals surface area contributed by atoms with Crippen LogP contribution >= 0.6 is 11.8 Å². The Bertz CT molecular complexity index is 452. The summed E-state index contributed by atoms with van der Waals surface area (Å²) in [5.41, 5.74) is 2.66. The molecular weight excluding hydrogens is 256 g/mol. The van der Waals surface area contributed by atoms with Gasteiger partial charge in [-0.3, -0.25) is 0 Å². The molecule has 0 saturated carbocycles. The molecular formula is C16H22O2S. The van der Waals surface area contributed by atoms with Crippen molar-refractivity contribution in [2.75, 3.05) is 12.4 Å². The van der Waals surface area contributed by atoms with E-state index in [1.807, 2.05) is 11.8 Å². The van der Waals surface area contributed by atoms with Crippen LogP contribution < -0.4 is 4.74 Å². The summed E-state index contributed by atoms with van der Waals surface area (Å²) in [6.45, 7) is 3.03. The summed E-state index contributed by atoms with van der Waals surface area (Å²) in [6, 6.07) is 6.47. The molecule has 0 spiro atoms. The Balaban J connectivity index is 1.60. The molecule has 3 rings (SSSR count). The van der Waals surface area contributed by atoms with Crippen LogP contribution in [-0.4, -0.2) is 28.3 Å². The van der Waals surface area contributed by atoms with E-state index in [1.165, 1.54) is 23.3 Å².